The first-order chi connectivity index (χ1) is 16.3. The van der Waals surface area contributed by atoms with Crippen LogP contribution >= 0.6 is 0 Å². The molecule has 6 heteroatoms. The maximum Gasteiger partial charge on any atom is 0.224 e. The number of phenols is 1. The minimum atomic E-state index is -0.773. The maximum absolute atomic E-state index is 12.4. The SMILES string of the molecule is CC(C)(Cc1cccc(CC(=O)NCc2ccccc2)c1)NC[C@@H](O)c1ccc(O)c(CO)c1. The van der Waals surface area contributed by atoms with Crippen LogP contribution in [0.25, 0.3) is 0 Å². The van der Waals surface area contributed by atoms with Gasteiger partial charge in [-0.15, -0.1) is 0 Å². The summed E-state index contributed by atoms with van der Waals surface area (Å²) in [5.41, 5.74) is 3.85. The van der Waals surface area contributed by atoms with Crippen LogP contribution in [0.5, 0.6) is 5.75 Å². The number of aromatic hydroxyl groups is 1. The molecule has 0 bridgehead atoms. The molecule has 3 aromatic carbocycles. The van der Waals surface area contributed by atoms with Gasteiger partial charge in [0.1, 0.15) is 5.75 Å². The van der Waals surface area contributed by atoms with E-state index in [0.29, 0.717) is 30.6 Å². The van der Waals surface area contributed by atoms with Crippen molar-refractivity contribution in [2.24, 2.45) is 0 Å². The van der Waals surface area contributed by atoms with Crippen molar-refractivity contribution in [3.63, 3.8) is 0 Å². The van der Waals surface area contributed by atoms with E-state index in [9.17, 15) is 20.1 Å². The first-order valence-corrected chi connectivity index (χ1v) is 11.5. The number of rotatable bonds is 11. The summed E-state index contributed by atoms with van der Waals surface area (Å²) in [6.07, 6.45) is 0.266. The second-order valence-corrected chi connectivity index (χ2v) is 9.26. The lowest BCUT2D eigenvalue weighted by atomic mass is 9.93. The van der Waals surface area contributed by atoms with Gasteiger partial charge in [0.15, 0.2) is 0 Å². The van der Waals surface area contributed by atoms with Crippen LogP contribution in [0.2, 0.25) is 0 Å². The molecule has 1 atom stereocenters. The molecule has 3 rings (SSSR count). The number of hydrogen-bond donors (Lipinski definition) is 5. The normalized spacial score (nSPS) is 12.4. The molecule has 3 aromatic rings. The topological polar surface area (TPSA) is 102 Å². The number of nitrogens with one attached hydrogen (secondary N) is 2. The average molecular weight is 463 g/mol. The van der Waals surface area contributed by atoms with E-state index < -0.39 is 6.10 Å². The van der Waals surface area contributed by atoms with Crippen LogP contribution in [0.3, 0.4) is 0 Å². The van der Waals surface area contributed by atoms with E-state index >= 15 is 0 Å². The van der Waals surface area contributed by atoms with Gasteiger partial charge in [0.25, 0.3) is 0 Å². The number of amides is 1. The number of carbonyl (C=O) groups is 1. The third-order valence-electron chi connectivity index (χ3n) is 5.77. The summed E-state index contributed by atoms with van der Waals surface area (Å²) in [5, 5.41) is 36.0. The van der Waals surface area contributed by atoms with Gasteiger partial charge >= 0.3 is 0 Å². The lowest BCUT2D eigenvalue weighted by molar-refractivity contribution is -0.120. The van der Waals surface area contributed by atoms with E-state index in [2.05, 4.69) is 30.5 Å². The quantitative estimate of drug-likeness (QED) is 0.301. The molecule has 1 amide bonds. The van der Waals surface area contributed by atoms with Gasteiger partial charge in [0.2, 0.25) is 5.91 Å². The lowest BCUT2D eigenvalue weighted by Gasteiger charge is -2.28. The highest BCUT2D eigenvalue weighted by molar-refractivity contribution is 5.78. The molecule has 0 aliphatic carbocycles. The van der Waals surface area contributed by atoms with E-state index in [4.69, 9.17) is 0 Å². The van der Waals surface area contributed by atoms with Crippen LogP contribution in [-0.2, 0) is 30.8 Å². The van der Waals surface area contributed by atoms with Gasteiger partial charge in [-0.25, -0.2) is 0 Å². The summed E-state index contributed by atoms with van der Waals surface area (Å²) in [5.74, 6) is -0.00183. The van der Waals surface area contributed by atoms with E-state index in [1.807, 2.05) is 48.5 Å². The Bertz CT molecular complexity index is 1080. The minimum absolute atomic E-state index is 0.0142. The van der Waals surface area contributed by atoms with E-state index in [1.54, 1.807) is 12.1 Å². The zero-order chi connectivity index (χ0) is 24.6. The van der Waals surface area contributed by atoms with Gasteiger partial charge in [0, 0.05) is 24.2 Å². The highest BCUT2D eigenvalue weighted by atomic mass is 16.3. The number of benzene rings is 3. The standard InChI is InChI=1S/C28H34N2O4/c1-28(2,30-18-26(33)23-11-12-25(32)24(15-23)19-31)16-22-10-6-9-21(13-22)14-27(34)29-17-20-7-4-3-5-8-20/h3-13,15,26,30-33H,14,16-19H2,1-2H3,(H,29,34)/t26-/m1/s1. The second kappa shape index (κ2) is 11.8. The van der Waals surface area contributed by atoms with E-state index in [0.717, 1.165) is 23.1 Å². The Kier molecular flexibility index (Phi) is 8.82. The highest BCUT2D eigenvalue weighted by Crippen LogP contribution is 2.23. The Labute approximate surface area is 201 Å². The van der Waals surface area contributed by atoms with Crippen molar-refractivity contribution in [2.75, 3.05) is 6.54 Å². The van der Waals surface area contributed by atoms with Crippen molar-refractivity contribution in [3.8, 4) is 5.75 Å². The third-order valence-corrected chi connectivity index (χ3v) is 5.77. The van der Waals surface area contributed by atoms with E-state index in [-0.39, 0.29) is 23.8 Å². The molecule has 0 heterocycles. The van der Waals surface area contributed by atoms with Crippen molar-refractivity contribution in [3.05, 3.63) is 101 Å². The van der Waals surface area contributed by atoms with Gasteiger partial charge in [-0.05, 0) is 54.7 Å². The number of carbonyl (C=O) groups excluding carboxylic acids is 1. The van der Waals surface area contributed by atoms with Crippen LogP contribution in [0, 0.1) is 0 Å². The molecular weight excluding hydrogens is 428 g/mol. The molecular formula is C28H34N2O4. The molecule has 180 valence electrons. The zero-order valence-corrected chi connectivity index (χ0v) is 19.8. The molecule has 0 saturated heterocycles. The lowest BCUT2D eigenvalue weighted by Crippen LogP contribution is -2.43. The Hall–Kier alpha value is -3.19. The van der Waals surface area contributed by atoms with Gasteiger partial charge in [-0.1, -0.05) is 60.7 Å². The fourth-order valence-electron chi connectivity index (χ4n) is 3.90. The Morgan fingerprint density at radius 1 is 0.941 bits per heavy atom. The van der Waals surface area contributed by atoms with Crippen LogP contribution in [-0.4, -0.2) is 33.3 Å². The van der Waals surface area contributed by atoms with Crippen LogP contribution in [0.4, 0.5) is 0 Å². The minimum Gasteiger partial charge on any atom is -0.508 e. The summed E-state index contributed by atoms with van der Waals surface area (Å²) < 4.78 is 0. The molecule has 0 radical (unpaired) electrons. The fourth-order valence-corrected chi connectivity index (χ4v) is 3.90. The van der Waals surface area contributed by atoms with Gasteiger partial charge in [-0.2, -0.15) is 0 Å². The van der Waals surface area contributed by atoms with Crippen molar-refractivity contribution in [2.45, 2.75) is 51.5 Å². The summed E-state index contributed by atoms with van der Waals surface area (Å²) in [6, 6.07) is 22.6. The third kappa shape index (κ3) is 7.70. The summed E-state index contributed by atoms with van der Waals surface area (Å²) in [4.78, 5) is 12.4. The van der Waals surface area contributed by atoms with Crippen molar-refractivity contribution in [1.82, 2.24) is 10.6 Å². The second-order valence-electron chi connectivity index (χ2n) is 9.26. The fraction of sp³-hybridized carbons (Fsp3) is 0.321. The largest absolute Gasteiger partial charge is 0.508 e. The summed E-state index contributed by atoms with van der Waals surface area (Å²) in [7, 11) is 0. The van der Waals surface area contributed by atoms with Crippen LogP contribution in [0.15, 0.2) is 72.8 Å². The number of aliphatic hydroxyl groups is 2. The first kappa shape index (κ1) is 25.4. The van der Waals surface area contributed by atoms with Crippen molar-refractivity contribution < 1.29 is 20.1 Å². The molecule has 0 saturated carbocycles. The van der Waals surface area contributed by atoms with Gasteiger partial charge < -0.3 is 26.0 Å². The Morgan fingerprint density at radius 2 is 1.65 bits per heavy atom. The van der Waals surface area contributed by atoms with E-state index in [1.165, 1.54) is 6.07 Å². The number of β-amino-alcohol motifs (C(OH)–C–C–N with tert-alkyl or cyclic N) is 1. The average Bonchev–Trinajstić information content (AvgIpc) is 2.82. The van der Waals surface area contributed by atoms with Gasteiger partial charge in [0.05, 0.1) is 19.1 Å². The molecule has 5 N–H and O–H groups in total. The highest BCUT2D eigenvalue weighted by Gasteiger charge is 2.20. The smallest absolute Gasteiger partial charge is 0.224 e. The Morgan fingerprint density at radius 3 is 2.38 bits per heavy atom. The zero-order valence-electron chi connectivity index (χ0n) is 19.8. The molecule has 34 heavy (non-hydrogen) atoms. The summed E-state index contributed by atoms with van der Waals surface area (Å²) in [6.45, 7) is 4.68. The molecule has 6 nitrogen and oxygen atoms in total. The van der Waals surface area contributed by atoms with Gasteiger partial charge in [-0.3, -0.25) is 4.79 Å². The van der Waals surface area contributed by atoms with Crippen molar-refractivity contribution >= 4 is 5.91 Å². The predicted octanol–water partition coefficient (Wildman–Crippen LogP) is 3.39. The molecule has 0 spiro atoms. The maximum atomic E-state index is 12.4. The molecule has 0 aliphatic rings. The summed E-state index contributed by atoms with van der Waals surface area (Å²) >= 11 is 0. The first-order valence-electron chi connectivity index (χ1n) is 11.5. The van der Waals surface area contributed by atoms with Crippen molar-refractivity contribution in [1.29, 1.82) is 0 Å². The monoisotopic (exact) mass is 462 g/mol. The molecule has 0 fully saturated rings. The van der Waals surface area contributed by atoms with Crippen LogP contribution < -0.4 is 10.6 Å². The predicted molar refractivity (Wildman–Crippen MR) is 133 cm³/mol. The molecule has 0 aliphatic heterocycles. The number of hydrogen-bond acceptors (Lipinski definition) is 5. The number of aliphatic hydroxyl groups excluding tert-OH is 2. The van der Waals surface area contributed by atoms with Crippen LogP contribution in [0.1, 0.15) is 47.8 Å². The Balaban J connectivity index is 1.53. The molecule has 0 aromatic heterocycles. The molecule has 0 unspecified atom stereocenters.